The van der Waals surface area contributed by atoms with Crippen LogP contribution in [0.4, 0.5) is 0 Å². The Morgan fingerprint density at radius 1 is 0.684 bits per heavy atom. The first kappa shape index (κ1) is 28.5. The van der Waals surface area contributed by atoms with Gasteiger partial charge in [0.15, 0.2) is 0 Å². The Bertz CT molecular complexity index is 1040. The smallest absolute Gasteiger partial charge is 0.303 e. The summed E-state index contributed by atoms with van der Waals surface area (Å²) < 4.78 is 0. The standard InChI is InChI=1S/C32H52O2.C2H4O2/c1-20-10-11-21-16-30(20,25(21,2)3)29(9)15-13-23-18-32(29,27(23,6)7)31-17-22(26(31,4)5)12-14-28(31,8)19-24(33)34;1-2(3)4/h20-23H,10-19H2,1-9H3,(H,33,34);1H3,(H,3,4). The first-order valence-corrected chi connectivity index (χ1v) is 15.7. The fourth-order valence-corrected chi connectivity index (χ4v) is 14.7. The molecule has 9 saturated carbocycles. The van der Waals surface area contributed by atoms with Crippen molar-refractivity contribution >= 4 is 11.9 Å². The number of aliphatic carboxylic acids is 2. The van der Waals surface area contributed by atoms with Crippen LogP contribution in [0.2, 0.25) is 0 Å². The van der Waals surface area contributed by atoms with Crippen LogP contribution in [0.15, 0.2) is 0 Å². The summed E-state index contributed by atoms with van der Waals surface area (Å²) >= 11 is 0. The topological polar surface area (TPSA) is 74.6 Å². The molecule has 0 amide bonds. The Kier molecular flexibility index (Phi) is 5.85. The third kappa shape index (κ3) is 2.66. The van der Waals surface area contributed by atoms with Crippen molar-refractivity contribution in [3.63, 3.8) is 0 Å². The highest BCUT2D eigenvalue weighted by Crippen LogP contribution is 2.96. The van der Waals surface area contributed by atoms with E-state index in [0.717, 1.165) is 37.0 Å². The van der Waals surface area contributed by atoms with Crippen LogP contribution in [0.3, 0.4) is 0 Å². The molecule has 216 valence electrons. The lowest BCUT2D eigenvalue weighted by atomic mass is 9.11. The van der Waals surface area contributed by atoms with Crippen LogP contribution in [0, 0.1) is 67.0 Å². The Hall–Kier alpha value is -1.06. The molecular formula is C34H56O4. The highest BCUT2D eigenvalue weighted by Gasteiger charge is 2.90. The van der Waals surface area contributed by atoms with Crippen molar-refractivity contribution in [3.05, 3.63) is 0 Å². The van der Waals surface area contributed by atoms with Gasteiger partial charge in [0, 0.05) is 6.92 Å². The van der Waals surface area contributed by atoms with Gasteiger partial charge in [0.25, 0.3) is 5.97 Å². The van der Waals surface area contributed by atoms with Gasteiger partial charge in [-0.25, -0.2) is 0 Å². The SMILES string of the molecule is CC(=O)O.CC1CCC2CC1(C1(C)CCC3CC1(C14CC(CCC1(C)CC(=O)O)C4(C)C)C3(C)C)C2(C)C. The maximum absolute atomic E-state index is 12.4. The molecule has 4 heteroatoms. The van der Waals surface area contributed by atoms with E-state index in [9.17, 15) is 9.90 Å². The van der Waals surface area contributed by atoms with Crippen LogP contribution in [-0.2, 0) is 9.59 Å². The Labute approximate surface area is 232 Å². The number of carboxylic acids is 2. The van der Waals surface area contributed by atoms with Crippen molar-refractivity contribution < 1.29 is 19.8 Å². The van der Waals surface area contributed by atoms with E-state index in [4.69, 9.17) is 9.90 Å². The number of rotatable bonds is 4. The van der Waals surface area contributed by atoms with Gasteiger partial charge in [0.05, 0.1) is 6.42 Å². The van der Waals surface area contributed by atoms with Gasteiger partial charge < -0.3 is 10.2 Å². The third-order valence-corrected chi connectivity index (χ3v) is 16.1. The fraction of sp³-hybridized carbons (Fsp3) is 0.941. The molecule has 9 unspecified atom stereocenters. The lowest BCUT2D eigenvalue weighted by molar-refractivity contribution is -0.455. The summed E-state index contributed by atoms with van der Waals surface area (Å²) in [6, 6.07) is 0. The summed E-state index contributed by atoms with van der Waals surface area (Å²) in [5.41, 5.74) is 1.81. The summed E-state index contributed by atoms with van der Waals surface area (Å²) in [6.45, 7) is 24.6. The number of hydrogen-bond donors (Lipinski definition) is 2. The van der Waals surface area contributed by atoms with Crippen molar-refractivity contribution in [2.75, 3.05) is 0 Å². The highest BCUT2D eigenvalue weighted by atomic mass is 16.4. The number of carbonyl (C=O) groups is 2. The van der Waals surface area contributed by atoms with Crippen LogP contribution in [0.1, 0.15) is 133 Å². The Morgan fingerprint density at radius 3 is 1.61 bits per heavy atom. The van der Waals surface area contributed by atoms with E-state index in [1.165, 1.54) is 51.4 Å². The minimum Gasteiger partial charge on any atom is -0.481 e. The van der Waals surface area contributed by atoms with Gasteiger partial charge in [-0.05, 0) is 125 Å². The average molecular weight is 529 g/mol. The van der Waals surface area contributed by atoms with E-state index in [1.54, 1.807) is 0 Å². The lowest BCUT2D eigenvalue weighted by Crippen LogP contribution is -2.87. The van der Waals surface area contributed by atoms with E-state index in [0.29, 0.717) is 17.3 Å². The molecule has 0 aromatic heterocycles. The summed E-state index contributed by atoms with van der Waals surface area (Å²) in [6.07, 6.45) is 12.3. The first-order chi connectivity index (χ1) is 17.3. The number of carboxylic acid groups (broad SMARTS) is 2. The molecule has 0 spiro atoms. The molecule has 2 N–H and O–H groups in total. The molecule has 0 aliphatic heterocycles. The molecule has 0 aromatic rings. The molecule has 9 fully saturated rings. The molecule has 9 aliphatic carbocycles. The monoisotopic (exact) mass is 528 g/mol. The van der Waals surface area contributed by atoms with Crippen molar-refractivity contribution in [1.29, 1.82) is 0 Å². The molecule has 9 aliphatic rings. The summed E-state index contributed by atoms with van der Waals surface area (Å²) in [7, 11) is 0. The molecule has 0 radical (unpaired) electrons. The van der Waals surface area contributed by atoms with Crippen LogP contribution in [0.25, 0.3) is 0 Å². The zero-order valence-corrected chi connectivity index (χ0v) is 26.1. The largest absolute Gasteiger partial charge is 0.481 e. The van der Waals surface area contributed by atoms with Gasteiger partial charge in [-0.1, -0.05) is 62.3 Å². The molecule has 0 saturated heterocycles. The van der Waals surface area contributed by atoms with Crippen LogP contribution >= 0.6 is 0 Å². The minimum atomic E-state index is -0.833. The predicted molar refractivity (Wildman–Crippen MR) is 152 cm³/mol. The Morgan fingerprint density at radius 2 is 1.16 bits per heavy atom. The van der Waals surface area contributed by atoms with Crippen LogP contribution < -0.4 is 0 Å². The maximum atomic E-state index is 12.4. The van der Waals surface area contributed by atoms with E-state index in [2.05, 4.69) is 62.3 Å². The van der Waals surface area contributed by atoms with Gasteiger partial charge in [-0.15, -0.1) is 0 Å². The van der Waals surface area contributed by atoms with Crippen LogP contribution in [-0.4, -0.2) is 22.2 Å². The van der Waals surface area contributed by atoms with E-state index >= 15 is 0 Å². The number of hydrogen-bond acceptors (Lipinski definition) is 2. The summed E-state index contributed by atoms with van der Waals surface area (Å²) in [5.74, 6) is 1.84. The van der Waals surface area contributed by atoms with Gasteiger partial charge in [0.1, 0.15) is 0 Å². The second kappa shape index (κ2) is 7.81. The molecule has 9 atom stereocenters. The minimum absolute atomic E-state index is 0.111. The fourth-order valence-electron chi connectivity index (χ4n) is 14.7. The zero-order chi connectivity index (χ0) is 28.5. The third-order valence-electron chi connectivity index (χ3n) is 16.1. The average Bonchev–Trinajstić information content (AvgIpc) is 2.77. The lowest BCUT2D eigenvalue weighted by Gasteiger charge is -2.93. The van der Waals surface area contributed by atoms with Crippen molar-refractivity contribution in [2.24, 2.45) is 67.0 Å². The molecule has 4 nitrogen and oxygen atoms in total. The van der Waals surface area contributed by atoms with Gasteiger partial charge in [0.2, 0.25) is 0 Å². The number of fused-ring (bicyclic) bond motifs is 6. The molecule has 38 heavy (non-hydrogen) atoms. The van der Waals surface area contributed by atoms with Crippen molar-refractivity contribution in [1.82, 2.24) is 0 Å². The van der Waals surface area contributed by atoms with Crippen molar-refractivity contribution in [2.45, 2.75) is 133 Å². The first-order valence-electron chi connectivity index (χ1n) is 15.7. The predicted octanol–water partition coefficient (Wildman–Crippen LogP) is 8.68. The highest BCUT2D eigenvalue weighted by molar-refractivity contribution is 5.68. The van der Waals surface area contributed by atoms with E-state index < -0.39 is 11.9 Å². The molecule has 9 rings (SSSR count). The normalized spacial score (nSPS) is 52.2. The maximum Gasteiger partial charge on any atom is 0.303 e. The van der Waals surface area contributed by atoms with Gasteiger partial charge >= 0.3 is 5.97 Å². The van der Waals surface area contributed by atoms with Gasteiger partial charge in [-0.3, -0.25) is 9.59 Å². The Balaban J connectivity index is 0.000000689. The molecule has 0 heterocycles. The van der Waals surface area contributed by atoms with E-state index in [-0.39, 0.29) is 32.5 Å². The van der Waals surface area contributed by atoms with Gasteiger partial charge in [-0.2, -0.15) is 0 Å². The second-order valence-electron chi connectivity index (χ2n) is 17.2. The van der Waals surface area contributed by atoms with E-state index in [1.807, 2.05) is 0 Å². The summed E-state index contributed by atoms with van der Waals surface area (Å²) in [5, 5.41) is 17.7. The molecular weight excluding hydrogens is 472 g/mol. The molecule has 0 aromatic carbocycles. The van der Waals surface area contributed by atoms with Crippen LogP contribution in [0.5, 0.6) is 0 Å². The zero-order valence-electron chi connectivity index (χ0n) is 26.1. The molecule has 6 bridgehead atoms. The van der Waals surface area contributed by atoms with Crippen molar-refractivity contribution in [3.8, 4) is 0 Å². The summed E-state index contributed by atoms with van der Waals surface area (Å²) in [4.78, 5) is 21.4. The quantitative estimate of drug-likeness (QED) is 0.383. The second-order valence-corrected chi connectivity index (χ2v) is 17.2.